The molecule has 0 unspecified atom stereocenters. The lowest BCUT2D eigenvalue weighted by Crippen LogP contribution is -2.14. The normalized spacial score (nSPS) is 11.0. The number of halogens is 2. The number of nitrogens with one attached hydrogen (secondary N) is 1. The minimum atomic E-state index is -2.90. The van der Waals surface area contributed by atoms with E-state index in [1.807, 2.05) is 24.3 Å². The highest BCUT2D eigenvalue weighted by Gasteiger charge is 2.09. The molecule has 4 nitrogen and oxygen atoms in total. The van der Waals surface area contributed by atoms with E-state index in [9.17, 15) is 13.6 Å². The zero-order valence-corrected chi connectivity index (χ0v) is 13.9. The number of benzene rings is 2. The van der Waals surface area contributed by atoms with Crippen molar-refractivity contribution >= 4 is 44.9 Å². The molecule has 0 spiro atoms. The number of thioether (sulfide) groups is 1. The number of anilines is 1. The predicted molar refractivity (Wildman–Crippen MR) is 92.0 cm³/mol. The van der Waals surface area contributed by atoms with Gasteiger partial charge in [-0.15, -0.1) is 11.3 Å². The van der Waals surface area contributed by atoms with Crippen LogP contribution in [0, 0.1) is 0 Å². The SMILES string of the molecule is O=C(CSc1nc2ccccc2s1)Nc1cccc(OC(F)F)c1. The molecule has 3 rings (SSSR count). The number of hydrogen-bond acceptors (Lipinski definition) is 5. The number of thiazole rings is 1. The fraction of sp³-hybridized carbons (Fsp3) is 0.125. The Bertz CT molecular complexity index is 822. The zero-order valence-electron chi connectivity index (χ0n) is 12.2. The van der Waals surface area contributed by atoms with E-state index in [2.05, 4.69) is 15.0 Å². The number of rotatable bonds is 6. The second-order valence-electron chi connectivity index (χ2n) is 4.69. The summed E-state index contributed by atoms with van der Waals surface area (Å²) in [6.07, 6.45) is 0. The Kier molecular flexibility index (Phi) is 5.27. The van der Waals surface area contributed by atoms with Crippen LogP contribution in [0.25, 0.3) is 10.2 Å². The molecule has 3 aromatic rings. The van der Waals surface area contributed by atoms with Crippen LogP contribution in [-0.2, 0) is 4.79 Å². The fourth-order valence-electron chi connectivity index (χ4n) is 1.99. The van der Waals surface area contributed by atoms with Crippen LogP contribution in [0.15, 0.2) is 52.9 Å². The summed E-state index contributed by atoms with van der Waals surface area (Å²) < 4.78 is 30.6. The molecular formula is C16H12F2N2O2S2. The molecule has 8 heteroatoms. The third-order valence-corrected chi connectivity index (χ3v) is 5.12. The summed E-state index contributed by atoms with van der Waals surface area (Å²) in [7, 11) is 0. The Morgan fingerprint density at radius 3 is 2.88 bits per heavy atom. The topological polar surface area (TPSA) is 51.2 Å². The van der Waals surface area contributed by atoms with E-state index in [0.717, 1.165) is 14.6 Å². The van der Waals surface area contributed by atoms with Gasteiger partial charge in [-0.2, -0.15) is 8.78 Å². The molecule has 1 heterocycles. The number of aromatic nitrogens is 1. The third-order valence-electron chi connectivity index (χ3n) is 2.94. The standard InChI is InChI=1S/C16H12F2N2O2S2/c17-15(18)22-11-5-3-4-10(8-11)19-14(21)9-23-16-20-12-6-1-2-7-13(12)24-16/h1-8,15H,9H2,(H,19,21). The van der Waals surface area contributed by atoms with E-state index in [4.69, 9.17) is 0 Å². The number of ether oxygens (including phenoxy) is 1. The average Bonchev–Trinajstić information content (AvgIpc) is 2.95. The molecule has 0 radical (unpaired) electrons. The lowest BCUT2D eigenvalue weighted by atomic mass is 10.3. The molecule has 0 aliphatic heterocycles. The minimum absolute atomic E-state index is 0.00151. The number of hydrogen-bond donors (Lipinski definition) is 1. The van der Waals surface area contributed by atoms with Crippen molar-refractivity contribution in [3.8, 4) is 5.75 Å². The van der Waals surface area contributed by atoms with E-state index in [1.165, 1.54) is 41.3 Å². The zero-order chi connectivity index (χ0) is 16.9. The summed E-state index contributed by atoms with van der Waals surface area (Å²) in [5, 5.41) is 2.65. The lowest BCUT2D eigenvalue weighted by Gasteiger charge is -2.08. The molecule has 0 fully saturated rings. The van der Waals surface area contributed by atoms with Gasteiger partial charge in [0.2, 0.25) is 5.91 Å². The maximum absolute atomic E-state index is 12.2. The molecule has 0 atom stereocenters. The van der Waals surface area contributed by atoms with Crippen LogP contribution in [0.2, 0.25) is 0 Å². The Morgan fingerprint density at radius 1 is 1.25 bits per heavy atom. The van der Waals surface area contributed by atoms with Crippen molar-refractivity contribution in [2.24, 2.45) is 0 Å². The summed E-state index contributed by atoms with van der Waals surface area (Å²) in [6, 6.07) is 13.7. The van der Waals surface area contributed by atoms with E-state index < -0.39 is 6.61 Å². The molecular weight excluding hydrogens is 354 g/mol. The molecule has 0 aliphatic carbocycles. The molecule has 24 heavy (non-hydrogen) atoms. The quantitative estimate of drug-likeness (QED) is 0.647. The van der Waals surface area contributed by atoms with Gasteiger partial charge in [0.05, 0.1) is 16.0 Å². The second-order valence-corrected chi connectivity index (χ2v) is 6.94. The number of nitrogens with zero attached hydrogens (tertiary/aromatic N) is 1. The summed E-state index contributed by atoms with van der Waals surface area (Å²) in [6.45, 7) is -2.90. The minimum Gasteiger partial charge on any atom is -0.435 e. The number of alkyl halides is 2. The van der Waals surface area contributed by atoms with Crippen molar-refractivity contribution < 1.29 is 18.3 Å². The molecule has 1 N–H and O–H groups in total. The number of fused-ring (bicyclic) bond motifs is 1. The Hall–Kier alpha value is -2.19. The van der Waals surface area contributed by atoms with Gasteiger partial charge in [-0.25, -0.2) is 4.98 Å². The largest absolute Gasteiger partial charge is 0.435 e. The first-order valence-electron chi connectivity index (χ1n) is 6.93. The van der Waals surface area contributed by atoms with Gasteiger partial charge in [0.15, 0.2) is 4.34 Å². The maximum atomic E-state index is 12.2. The highest BCUT2D eigenvalue weighted by molar-refractivity contribution is 8.01. The van der Waals surface area contributed by atoms with Crippen LogP contribution in [0.5, 0.6) is 5.75 Å². The van der Waals surface area contributed by atoms with Gasteiger partial charge in [-0.3, -0.25) is 4.79 Å². The number of para-hydroxylation sites is 1. The van der Waals surface area contributed by atoms with Crippen LogP contribution in [0.4, 0.5) is 14.5 Å². The average molecular weight is 366 g/mol. The summed E-state index contributed by atoms with van der Waals surface area (Å²) in [5.41, 5.74) is 1.31. The smallest absolute Gasteiger partial charge is 0.387 e. The highest BCUT2D eigenvalue weighted by atomic mass is 32.2. The van der Waals surface area contributed by atoms with Crippen molar-refractivity contribution in [3.05, 3.63) is 48.5 Å². The molecule has 1 amide bonds. The van der Waals surface area contributed by atoms with E-state index in [-0.39, 0.29) is 17.4 Å². The molecule has 0 saturated carbocycles. The third kappa shape index (κ3) is 4.42. The van der Waals surface area contributed by atoms with Crippen LogP contribution in [0.1, 0.15) is 0 Å². The van der Waals surface area contributed by atoms with E-state index in [0.29, 0.717) is 5.69 Å². The number of amides is 1. The first-order valence-corrected chi connectivity index (χ1v) is 8.73. The van der Waals surface area contributed by atoms with E-state index >= 15 is 0 Å². The van der Waals surface area contributed by atoms with Gasteiger partial charge in [0, 0.05) is 11.8 Å². The van der Waals surface area contributed by atoms with E-state index in [1.54, 1.807) is 6.07 Å². The Balaban J connectivity index is 1.57. The predicted octanol–water partition coefficient (Wildman–Crippen LogP) is 4.63. The maximum Gasteiger partial charge on any atom is 0.387 e. The molecule has 0 saturated heterocycles. The summed E-state index contributed by atoms with van der Waals surface area (Å²) in [4.78, 5) is 16.4. The van der Waals surface area contributed by atoms with Crippen molar-refractivity contribution in [1.29, 1.82) is 0 Å². The molecule has 0 aliphatic rings. The van der Waals surface area contributed by atoms with Crippen molar-refractivity contribution in [2.45, 2.75) is 11.0 Å². The summed E-state index contributed by atoms with van der Waals surface area (Å²) in [5.74, 6) is -0.0604. The van der Waals surface area contributed by atoms with Crippen LogP contribution < -0.4 is 10.1 Å². The van der Waals surface area contributed by atoms with Gasteiger partial charge in [0.1, 0.15) is 5.75 Å². The molecule has 1 aromatic heterocycles. The van der Waals surface area contributed by atoms with Crippen LogP contribution in [-0.4, -0.2) is 23.3 Å². The molecule has 2 aromatic carbocycles. The first-order chi connectivity index (χ1) is 11.6. The summed E-state index contributed by atoms with van der Waals surface area (Å²) >= 11 is 2.86. The number of carbonyl (C=O) groups is 1. The van der Waals surface area contributed by atoms with Gasteiger partial charge in [0.25, 0.3) is 0 Å². The van der Waals surface area contributed by atoms with Crippen molar-refractivity contribution in [2.75, 3.05) is 11.1 Å². The lowest BCUT2D eigenvalue weighted by molar-refractivity contribution is -0.113. The molecule has 0 bridgehead atoms. The molecule has 124 valence electrons. The Labute approximate surface area is 144 Å². The van der Waals surface area contributed by atoms with Crippen molar-refractivity contribution in [3.63, 3.8) is 0 Å². The van der Waals surface area contributed by atoms with Gasteiger partial charge in [-0.1, -0.05) is 30.0 Å². The van der Waals surface area contributed by atoms with Crippen molar-refractivity contribution in [1.82, 2.24) is 4.98 Å². The first kappa shape index (κ1) is 16.7. The van der Waals surface area contributed by atoms with Gasteiger partial charge in [-0.05, 0) is 24.3 Å². The number of carbonyl (C=O) groups excluding carboxylic acids is 1. The van der Waals surface area contributed by atoms with Crippen LogP contribution >= 0.6 is 23.1 Å². The van der Waals surface area contributed by atoms with Crippen LogP contribution in [0.3, 0.4) is 0 Å². The fourth-order valence-corrected chi connectivity index (χ4v) is 3.86. The monoisotopic (exact) mass is 366 g/mol. The highest BCUT2D eigenvalue weighted by Crippen LogP contribution is 2.29. The second kappa shape index (κ2) is 7.59. The van der Waals surface area contributed by atoms with Gasteiger partial charge >= 0.3 is 6.61 Å². The van der Waals surface area contributed by atoms with Gasteiger partial charge < -0.3 is 10.1 Å². The Morgan fingerprint density at radius 2 is 2.08 bits per heavy atom.